The molecule has 1 aliphatic carbocycles. The van der Waals surface area contributed by atoms with E-state index in [1.807, 2.05) is 6.92 Å². The zero-order valence-corrected chi connectivity index (χ0v) is 24.5. The number of nitrogens with zero attached hydrogens (tertiary/aromatic N) is 7. The molecule has 1 saturated carbocycles. The highest BCUT2D eigenvalue weighted by molar-refractivity contribution is 6.31. The first-order chi connectivity index (χ1) is 21.1. The second-order valence-corrected chi connectivity index (χ2v) is 11.1. The molecule has 44 heavy (non-hydrogen) atoms. The SMILES string of the molecule is COCc1ncc(-c2c(C(F)F)ccc(Cl)c2F)nc1C(=O)Nc1cnn(C(C)c2cnc(N3C[C@H]4C[C@H]4C3=O)c(C)n2)c1. The zero-order valence-electron chi connectivity index (χ0n) is 23.8. The maximum atomic E-state index is 14.9. The Labute approximate surface area is 254 Å². The Kier molecular flexibility index (Phi) is 7.80. The van der Waals surface area contributed by atoms with E-state index in [4.69, 9.17) is 16.3 Å². The predicted molar refractivity (Wildman–Crippen MR) is 153 cm³/mol. The smallest absolute Gasteiger partial charge is 0.276 e. The van der Waals surface area contributed by atoms with Crippen LogP contribution in [0.1, 0.15) is 58.9 Å². The third-order valence-electron chi connectivity index (χ3n) is 7.77. The molecule has 1 N–H and O–H groups in total. The molecule has 2 fully saturated rings. The van der Waals surface area contributed by atoms with Crippen molar-refractivity contribution in [1.82, 2.24) is 29.7 Å². The highest BCUT2D eigenvalue weighted by Gasteiger charge is 2.53. The lowest BCUT2D eigenvalue weighted by Crippen LogP contribution is -2.30. The Morgan fingerprint density at radius 2 is 2.00 bits per heavy atom. The Balaban J connectivity index is 1.23. The van der Waals surface area contributed by atoms with Crippen LogP contribution in [0.15, 0.2) is 36.9 Å². The van der Waals surface area contributed by atoms with E-state index in [2.05, 4.69) is 30.4 Å². The van der Waals surface area contributed by atoms with Crippen LogP contribution in [0.4, 0.5) is 24.7 Å². The van der Waals surface area contributed by atoms with Crippen molar-refractivity contribution in [3.63, 3.8) is 0 Å². The molecule has 15 heteroatoms. The molecule has 0 bridgehead atoms. The first kappa shape index (κ1) is 29.6. The van der Waals surface area contributed by atoms with Crippen LogP contribution < -0.4 is 10.2 Å². The average molecular weight is 627 g/mol. The fourth-order valence-corrected chi connectivity index (χ4v) is 5.49. The van der Waals surface area contributed by atoms with Crippen LogP contribution in [-0.4, -0.2) is 55.2 Å². The summed E-state index contributed by atoms with van der Waals surface area (Å²) in [6.45, 7) is 4.20. The Morgan fingerprint density at radius 3 is 2.68 bits per heavy atom. The minimum atomic E-state index is -3.03. The highest BCUT2D eigenvalue weighted by Crippen LogP contribution is 2.47. The van der Waals surface area contributed by atoms with Crippen LogP contribution in [-0.2, 0) is 16.1 Å². The number of aryl methyl sites for hydroxylation is 1. The van der Waals surface area contributed by atoms with Crippen LogP contribution in [0.5, 0.6) is 0 Å². The van der Waals surface area contributed by atoms with Crippen molar-refractivity contribution in [2.75, 3.05) is 23.9 Å². The van der Waals surface area contributed by atoms with E-state index >= 15 is 0 Å². The second kappa shape index (κ2) is 11.6. The molecule has 1 unspecified atom stereocenters. The number of amides is 2. The summed E-state index contributed by atoms with van der Waals surface area (Å²) in [7, 11) is 1.39. The topological polar surface area (TPSA) is 128 Å². The van der Waals surface area contributed by atoms with Gasteiger partial charge in [0.2, 0.25) is 5.91 Å². The monoisotopic (exact) mass is 626 g/mol. The van der Waals surface area contributed by atoms with Crippen molar-refractivity contribution in [2.45, 2.75) is 39.3 Å². The normalized spacial score (nSPS) is 18.1. The van der Waals surface area contributed by atoms with Crippen molar-refractivity contribution in [2.24, 2.45) is 11.8 Å². The van der Waals surface area contributed by atoms with Gasteiger partial charge >= 0.3 is 0 Å². The maximum absolute atomic E-state index is 14.9. The number of halogens is 4. The van der Waals surface area contributed by atoms with Gasteiger partial charge in [0.1, 0.15) is 0 Å². The molecular formula is C29H26ClF3N8O3. The van der Waals surface area contributed by atoms with Gasteiger partial charge in [-0.3, -0.25) is 29.1 Å². The summed E-state index contributed by atoms with van der Waals surface area (Å²) in [4.78, 5) is 45.1. The number of hydrogen-bond donors (Lipinski definition) is 1. The summed E-state index contributed by atoms with van der Waals surface area (Å²) in [5, 5.41) is 6.62. The molecule has 0 spiro atoms. The number of anilines is 2. The molecule has 3 atom stereocenters. The number of piperidine rings is 1. The molecule has 1 aromatic carbocycles. The highest BCUT2D eigenvalue weighted by atomic mass is 35.5. The average Bonchev–Trinajstić information content (AvgIpc) is 3.50. The van der Waals surface area contributed by atoms with Crippen molar-refractivity contribution in [1.29, 1.82) is 0 Å². The van der Waals surface area contributed by atoms with Crippen molar-refractivity contribution in [3.05, 3.63) is 76.1 Å². The fourth-order valence-electron chi connectivity index (χ4n) is 5.33. The summed E-state index contributed by atoms with van der Waals surface area (Å²) in [5.41, 5.74) is -0.109. The van der Waals surface area contributed by atoms with E-state index < -0.39 is 29.3 Å². The molecule has 1 saturated heterocycles. The van der Waals surface area contributed by atoms with Crippen LogP contribution >= 0.6 is 11.6 Å². The first-order valence-corrected chi connectivity index (χ1v) is 14.1. The van der Waals surface area contributed by atoms with Gasteiger partial charge in [0.15, 0.2) is 17.3 Å². The van der Waals surface area contributed by atoms with Gasteiger partial charge in [-0.25, -0.2) is 23.1 Å². The van der Waals surface area contributed by atoms with Gasteiger partial charge in [0.05, 0.1) is 64.7 Å². The van der Waals surface area contributed by atoms with Crippen LogP contribution in [0, 0.1) is 24.6 Å². The summed E-state index contributed by atoms with van der Waals surface area (Å²) in [6.07, 6.45) is 3.59. The van der Waals surface area contributed by atoms with Gasteiger partial charge in [0.25, 0.3) is 12.3 Å². The summed E-state index contributed by atoms with van der Waals surface area (Å²) < 4.78 is 49.0. The number of benzene rings is 1. The van der Waals surface area contributed by atoms with Gasteiger partial charge in [-0.05, 0) is 32.3 Å². The number of ether oxygens (including phenoxy) is 1. The molecule has 11 nitrogen and oxygen atoms in total. The molecule has 228 valence electrons. The standard InChI is InChI=1S/C29H26ClF3N8O3/c1-13-27(40-10-15-6-18(15)29(40)43)35-8-20(37-13)14(2)41-11-16(7-36-41)38-28(42)25-22(12-44-3)34-9-21(39-25)23-17(26(32)33)4-5-19(30)24(23)31/h4-5,7-9,11,14-15,18,26H,6,10,12H2,1-3H3,(H,38,42)/t14?,15-,18-/m1/s1. The number of carbonyl (C=O) groups excluding carboxylic acids is 2. The molecule has 2 amide bonds. The minimum absolute atomic E-state index is 0.0942. The van der Waals surface area contributed by atoms with Crippen molar-refractivity contribution >= 4 is 34.9 Å². The molecule has 4 heterocycles. The number of alkyl halides is 2. The third-order valence-corrected chi connectivity index (χ3v) is 8.06. The lowest BCUT2D eigenvalue weighted by molar-refractivity contribution is -0.118. The van der Waals surface area contributed by atoms with Crippen LogP contribution in [0.2, 0.25) is 5.02 Å². The minimum Gasteiger partial charge on any atom is -0.378 e. The maximum Gasteiger partial charge on any atom is 0.276 e. The number of carbonyl (C=O) groups is 2. The van der Waals surface area contributed by atoms with Gasteiger partial charge in [-0.1, -0.05) is 17.7 Å². The van der Waals surface area contributed by atoms with Crippen LogP contribution in [0.25, 0.3) is 11.3 Å². The van der Waals surface area contributed by atoms with E-state index in [1.54, 1.807) is 28.9 Å². The number of aromatic nitrogens is 6. The van der Waals surface area contributed by atoms with Crippen molar-refractivity contribution < 1.29 is 27.5 Å². The van der Waals surface area contributed by atoms with E-state index in [1.165, 1.54) is 13.3 Å². The van der Waals surface area contributed by atoms with E-state index in [9.17, 15) is 22.8 Å². The molecule has 6 rings (SSSR count). The largest absolute Gasteiger partial charge is 0.378 e. The summed E-state index contributed by atoms with van der Waals surface area (Å²) >= 11 is 5.86. The quantitative estimate of drug-likeness (QED) is 0.270. The molecular weight excluding hydrogens is 601 g/mol. The number of fused-ring (bicyclic) bond motifs is 1. The van der Waals surface area contributed by atoms with Gasteiger partial charge in [0, 0.05) is 36.9 Å². The lowest BCUT2D eigenvalue weighted by Gasteiger charge is -2.20. The second-order valence-electron chi connectivity index (χ2n) is 10.7. The Bertz CT molecular complexity index is 1780. The number of rotatable bonds is 9. The van der Waals surface area contributed by atoms with Gasteiger partial charge in [-0.15, -0.1) is 0 Å². The van der Waals surface area contributed by atoms with E-state index in [0.717, 1.165) is 24.8 Å². The van der Waals surface area contributed by atoms with Crippen LogP contribution in [0.3, 0.4) is 0 Å². The molecule has 1 aliphatic heterocycles. The Morgan fingerprint density at radius 1 is 1.20 bits per heavy atom. The molecule has 4 aromatic rings. The number of methoxy groups -OCH3 is 1. The third kappa shape index (κ3) is 5.39. The summed E-state index contributed by atoms with van der Waals surface area (Å²) in [5.74, 6) is -0.675. The molecule has 2 aliphatic rings. The van der Waals surface area contributed by atoms with Crippen molar-refractivity contribution in [3.8, 4) is 11.3 Å². The van der Waals surface area contributed by atoms with Gasteiger partial charge < -0.3 is 10.1 Å². The lowest BCUT2D eigenvalue weighted by atomic mass is 10.0. The number of nitrogens with one attached hydrogen (secondary N) is 1. The predicted octanol–water partition coefficient (Wildman–Crippen LogP) is 5.16. The van der Waals surface area contributed by atoms with E-state index in [-0.39, 0.29) is 46.6 Å². The Hall–Kier alpha value is -4.43. The zero-order chi connectivity index (χ0) is 31.3. The molecule has 0 radical (unpaired) electrons. The first-order valence-electron chi connectivity index (χ1n) is 13.7. The molecule has 3 aromatic heterocycles. The number of hydrogen-bond acceptors (Lipinski definition) is 8. The summed E-state index contributed by atoms with van der Waals surface area (Å²) in [6, 6.07) is 1.65. The van der Waals surface area contributed by atoms with E-state index in [0.29, 0.717) is 35.4 Å². The van der Waals surface area contributed by atoms with Gasteiger partial charge in [-0.2, -0.15) is 5.10 Å². The fraction of sp³-hybridized carbons (Fsp3) is 0.345.